The Kier molecular flexibility index (Phi) is 9.48. The van der Waals surface area contributed by atoms with Gasteiger partial charge in [0.05, 0.1) is 16.5 Å². The normalized spacial score (nSPS) is 12.1. The molecule has 0 amide bonds. The quantitative estimate of drug-likeness (QED) is 0.133. The Balaban J connectivity index is 0.955. The molecule has 0 bridgehead atoms. The van der Waals surface area contributed by atoms with E-state index in [0.717, 1.165) is 83.1 Å². The van der Waals surface area contributed by atoms with E-state index in [0.29, 0.717) is 16.9 Å². The van der Waals surface area contributed by atoms with E-state index in [4.69, 9.17) is 0 Å². The molecule has 0 atom stereocenters. The number of para-hydroxylation sites is 1. The lowest BCUT2D eigenvalue weighted by Crippen LogP contribution is -2.09. The number of fused-ring (bicyclic) bond motifs is 3. The molecule has 0 fully saturated rings. The van der Waals surface area contributed by atoms with Crippen molar-refractivity contribution in [3.05, 3.63) is 279 Å². The molecule has 12 aromatic rings. The third-order valence-corrected chi connectivity index (χ3v) is 12.9. The van der Waals surface area contributed by atoms with Gasteiger partial charge in [-0.3, -0.25) is 0 Å². The van der Waals surface area contributed by atoms with Gasteiger partial charge in [-0.25, -0.2) is 0 Å². The summed E-state index contributed by atoms with van der Waals surface area (Å²) in [6.45, 7) is 0. The van der Waals surface area contributed by atoms with Gasteiger partial charge in [0.25, 0.3) is 0 Å². The Bertz CT molecular complexity index is 3880. The maximum absolute atomic E-state index is 9.77. The summed E-state index contributed by atoms with van der Waals surface area (Å²) >= 11 is 0. The number of rotatable bonds is 10. The summed E-state index contributed by atoms with van der Waals surface area (Å²) in [5.74, 6) is 0. The van der Waals surface area contributed by atoms with Gasteiger partial charge >= 0.3 is 0 Å². The summed E-state index contributed by atoms with van der Waals surface area (Å²) in [5, 5.41) is 1.99. The van der Waals surface area contributed by atoms with Crippen molar-refractivity contribution in [2.24, 2.45) is 0 Å². The van der Waals surface area contributed by atoms with E-state index in [1.54, 1.807) is 0 Å². The Hall–Kier alpha value is -8.98. The van der Waals surface area contributed by atoms with Crippen molar-refractivity contribution in [1.29, 1.82) is 0 Å². The van der Waals surface area contributed by atoms with Crippen molar-refractivity contribution in [2.45, 2.75) is 0 Å². The van der Waals surface area contributed by atoms with Crippen LogP contribution < -0.4 is 4.90 Å². The van der Waals surface area contributed by atoms with Crippen molar-refractivity contribution in [2.75, 3.05) is 4.90 Å². The Labute approximate surface area is 403 Å². The summed E-state index contributed by atoms with van der Waals surface area (Å²) in [4.78, 5) is 1.86. The molecule has 2 heteroatoms. The van der Waals surface area contributed by atoms with Crippen molar-refractivity contribution in [1.82, 2.24) is 4.57 Å². The van der Waals surface area contributed by atoms with Crippen LogP contribution in [0, 0.1) is 0 Å². The third-order valence-electron chi connectivity index (χ3n) is 12.9. The lowest BCUT2D eigenvalue weighted by molar-refractivity contribution is 1.18. The first-order valence-corrected chi connectivity index (χ1v) is 23.0. The molecule has 0 radical (unpaired) electrons. The van der Waals surface area contributed by atoms with Gasteiger partial charge in [0, 0.05) is 33.5 Å². The molecular weight excluding hydrogens is 821 g/mol. The standard InChI is InChI=1S/C66H46N2/c1-4-14-47(15-5-1)49-24-26-50(27-25-49)52-28-37-57(38-29-52)67(59-43-34-55(35-44-59)62-21-11-10-20-61(62)54-18-8-3-9-19-54)58-39-32-53(33-40-58)56-36-45-66-64(46-56)63-22-12-13-23-65(63)68(66)60-41-30-51(31-42-60)48-16-6-2-7-17-48/h1-46H/i32D,33D,39D,40D. The summed E-state index contributed by atoms with van der Waals surface area (Å²) in [6.07, 6.45) is 0. The van der Waals surface area contributed by atoms with E-state index in [9.17, 15) is 5.48 Å². The molecule has 11 aromatic carbocycles. The molecule has 68 heavy (non-hydrogen) atoms. The number of hydrogen-bond acceptors (Lipinski definition) is 1. The van der Waals surface area contributed by atoms with Crippen LogP contribution in [-0.4, -0.2) is 4.57 Å². The minimum absolute atomic E-state index is 0.112. The van der Waals surface area contributed by atoms with Gasteiger partial charge < -0.3 is 9.47 Å². The molecule has 1 aromatic heterocycles. The molecule has 1 heterocycles. The van der Waals surface area contributed by atoms with Gasteiger partial charge in [0.15, 0.2) is 0 Å². The third kappa shape index (κ3) is 7.74. The van der Waals surface area contributed by atoms with Crippen LogP contribution >= 0.6 is 0 Å². The predicted octanol–water partition coefficient (Wildman–Crippen LogP) is 18.3. The SMILES string of the molecule is [2H]c1c([2H])c(N(c2ccc(-c3ccc(-c4ccccc4)cc3)cc2)c2ccc(-c3ccccc3-c3ccccc3)cc2)c([2H])c([2H])c1-c1ccc2c(c1)c1ccccc1n2-c1ccc(-c2ccccc2)cc1. The van der Waals surface area contributed by atoms with E-state index in [1.807, 2.05) is 120 Å². The molecule has 0 saturated heterocycles. The second kappa shape index (κ2) is 17.8. The summed E-state index contributed by atoms with van der Waals surface area (Å²) in [6, 6.07) is 86.5. The molecule has 0 saturated carbocycles. The van der Waals surface area contributed by atoms with Crippen molar-refractivity contribution >= 4 is 38.9 Å². The maximum atomic E-state index is 9.77. The maximum Gasteiger partial charge on any atom is 0.0645 e. The lowest BCUT2D eigenvalue weighted by atomic mass is 9.94. The van der Waals surface area contributed by atoms with E-state index >= 15 is 0 Å². The highest BCUT2D eigenvalue weighted by Crippen LogP contribution is 2.41. The first-order chi connectivity index (χ1) is 35.4. The fraction of sp³-hybridized carbons (Fsp3) is 0. The molecule has 0 N–H and O–H groups in total. The zero-order valence-corrected chi connectivity index (χ0v) is 37.1. The summed E-state index contributed by atoms with van der Waals surface area (Å²) < 4.78 is 41.2. The number of benzene rings is 11. The molecule has 12 rings (SSSR count). The van der Waals surface area contributed by atoms with Gasteiger partial charge in [-0.2, -0.15) is 0 Å². The van der Waals surface area contributed by atoms with Gasteiger partial charge in [0.2, 0.25) is 0 Å². The molecule has 0 aliphatic heterocycles. The van der Waals surface area contributed by atoms with E-state index < -0.39 is 0 Å². The van der Waals surface area contributed by atoms with Gasteiger partial charge in [0.1, 0.15) is 0 Å². The number of hydrogen-bond donors (Lipinski definition) is 0. The zero-order valence-electron chi connectivity index (χ0n) is 41.1. The lowest BCUT2D eigenvalue weighted by Gasteiger charge is -2.26. The van der Waals surface area contributed by atoms with Crippen LogP contribution in [0.1, 0.15) is 5.48 Å². The highest BCUT2D eigenvalue weighted by molar-refractivity contribution is 6.10. The van der Waals surface area contributed by atoms with Gasteiger partial charge in [-0.1, -0.05) is 212 Å². The first-order valence-electron chi connectivity index (χ1n) is 25.0. The molecule has 320 valence electrons. The summed E-state index contributed by atoms with van der Waals surface area (Å²) in [7, 11) is 0. The monoisotopic (exact) mass is 870 g/mol. The van der Waals surface area contributed by atoms with Gasteiger partial charge in [-0.15, -0.1) is 0 Å². The zero-order chi connectivity index (χ0) is 48.7. The van der Waals surface area contributed by atoms with Crippen LogP contribution in [0.3, 0.4) is 0 Å². The van der Waals surface area contributed by atoms with Crippen LogP contribution in [0.5, 0.6) is 0 Å². The van der Waals surface area contributed by atoms with Crippen LogP contribution in [0.25, 0.3) is 94.3 Å². The largest absolute Gasteiger partial charge is 0.311 e. The highest BCUT2D eigenvalue weighted by atomic mass is 15.1. The second-order valence-electron chi connectivity index (χ2n) is 17.0. The van der Waals surface area contributed by atoms with Crippen molar-refractivity contribution < 1.29 is 5.48 Å². The Morgan fingerprint density at radius 2 is 0.647 bits per heavy atom. The van der Waals surface area contributed by atoms with Crippen LogP contribution in [0.2, 0.25) is 0 Å². The average Bonchev–Trinajstić information content (AvgIpc) is 3.78. The van der Waals surface area contributed by atoms with E-state index in [1.165, 1.54) is 0 Å². The Morgan fingerprint density at radius 1 is 0.265 bits per heavy atom. The molecule has 0 spiro atoms. The molecular formula is C66H46N2. The van der Waals surface area contributed by atoms with Crippen LogP contribution in [-0.2, 0) is 0 Å². The fourth-order valence-corrected chi connectivity index (χ4v) is 9.49. The molecule has 0 aliphatic rings. The molecule has 0 unspecified atom stereocenters. The number of nitrogens with zero attached hydrogens (tertiary/aromatic N) is 2. The fourth-order valence-electron chi connectivity index (χ4n) is 9.49. The van der Waals surface area contributed by atoms with Crippen molar-refractivity contribution in [3.8, 4) is 72.4 Å². The smallest absolute Gasteiger partial charge is 0.0645 e. The highest BCUT2D eigenvalue weighted by Gasteiger charge is 2.17. The minimum atomic E-state index is -0.133. The average molecular weight is 871 g/mol. The number of anilines is 3. The van der Waals surface area contributed by atoms with Crippen molar-refractivity contribution in [3.63, 3.8) is 0 Å². The molecule has 0 aliphatic carbocycles. The van der Waals surface area contributed by atoms with Gasteiger partial charge in [-0.05, 0) is 133 Å². The summed E-state index contributed by atoms with van der Waals surface area (Å²) in [5.41, 5.74) is 16.5. The second-order valence-corrected chi connectivity index (χ2v) is 17.0. The topological polar surface area (TPSA) is 8.17 Å². The van der Waals surface area contributed by atoms with E-state index in [-0.39, 0.29) is 35.4 Å². The first kappa shape index (κ1) is 36.3. The van der Waals surface area contributed by atoms with Crippen LogP contribution in [0.4, 0.5) is 17.1 Å². The van der Waals surface area contributed by atoms with E-state index in [2.05, 4.69) is 144 Å². The minimum Gasteiger partial charge on any atom is -0.311 e. The Morgan fingerprint density at radius 3 is 1.19 bits per heavy atom. The predicted molar refractivity (Wildman–Crippen MR) is 288 cm³/mol. The van der Waals surface area contributed by atoms with Crippen LogP contribution in [0.15, 0.2) is 279 Å². The number of aromatic nitrogens is 1. The molecule has 2 nitrogen and oxygen atoms in total.